The minimum atomic E-state index is 0.247. The van der Waals surface area contributed by atoms with Crippen molar-refractivity contribution >= 4 is 5.91 Å². The van der Waals surface area contributed by atoms with Gasteiger partial charge in [0.2, 0.25) is 5.91 Å². The highest BCUT2D eigenvalue weighted by atomic mass is 16.2. The van der Waals surface area contributed by atoms with Crippen LogP contribution >= 0.6 is 0 Å². The second kappa shape index (κ2) is 6.44. The lowest BCUT2D eigenvalue weighted by Crippen LogP contribution is -2.50. The summed E-state index contributed by atoms with van der Waals surface area (Å²) in [6.45, 7) is 6.23. The van der Waals surface area contributed by atoms with E-state index in [-0.39, 0.29) is 5.91 Å². The van der Waals surface area contributed by atoms with Crippen LogP contribution in [0.25, 0.3) is 0 Å². The molecule has 3 rings (SSSR count). The number of nitrogens with one attached hydrogen (secondary N) is 2. The van der Waals surface area contributed by atoms with Crippen LogP contribution < -0.4 is 10.6 Å². The predicted octanol–water partition coefficient (Wildman–Crippen LogP) is 1.37. The van der Waals surface area contributed by atoms with E-state index in [0.717, 1.165) is 31.5 Å². The van der Waals surface area contributed by atoms with Crippen molar-refractivity contribution in [2.45, 2.75) is 57.5 Å². The summed E-state index contributed by atoms with van der Waals surface area (Å²) in [6.07, 6.45) is 7.45. The minimum absolute atomic E-state index is 0.247. The quantitative estimate of drug-likeness (QED) is 0.820. The van der Waals surface area contributed by atoms with Crippen molar-refractivity contribution in [1.82, 2.24) is 15.5 Å². The van der Waals surface area contributed by atoms with Crippen molar-refractivity contribution in [2.75, 3.05) is 26.2 Å². The summed E-state index contributed by atoms with van der Waals surface area (Å²) in [5.41, 5.74) is 0. The van der Waals surface area contributed by atoms with Crippen molar-refractivity contribution < 1.29 is 4.79 Å². The molecule has 0 aromatic carbocycles. The van der Waals surface area contributed by atoms with Crippen LogP contribution in [0.3, 0.4) is 0 Å². The molecule has 3 aliphatic rings. The zero-order valence-corrected chi connectivity index (χ0v) is 12.7. The number of amides is 1. The first kappa shape index (κ1) is 14.3. The van der Waals surface area contributed by atoms with Gasteiger partial charge in [-0.3, -0.25) is 9.69 Å². The Morgan fingerprint density at radius 2 is 2.00 bits per heavy atom. The van der Waals surface area contributed by atoms with Crippen LogP contribution in [-0.2, 0) is 4.79 Å². The van der Waals surface area contributed by atoms with E-state index >= 15 is 0 Å². The maximum absolute atomic E-state index is 12.3. The van der Waals surface area contributed by atoms with Crippen LogP contribution in [0, 0.1) is 11.8 Å². The van der Waals surface area contributed by atoms with Gasteiger partial charge in [0.25, 0.3) is 0 Å². The Morgan fingerprint density at radius 3 is 2.80 bits per heavy atom. The third-order valence-corrected chi connectivity index (χ3v) is 5.52. The summed E-state index contributed by atoms with van der Waals surface area (Å²) in [7, 11) is 0. The molecule has 1 saturated carbocycles. The zero-order chi connectivity index (χ0) is 13.9. The number of carbonyl (C=O) groups excluding carboxylic acids is 1. The summed E-state index contributed by atoms with van der Waals surface area (Å²) >= 11 is 0. The maximum Gasteiger partial charge on any atom is 0.234 e. The monoisotopic (exact) mass is 279 g/mol. The predicted molar refractivity (Wildman–Crippen MR) is 80.5 cm³/mol. The Morgan fingerprint density at radius 1 is 1.20 bits per heavy atom. The van der Waals surface area contributed by atoms with Gasteiger partial charge in [0, 0.05) is 18.6 Å². The normalized spacial score (nSPS) is 38.5. The molecular formula is C16H29N3O. The summed E-state index contributed by atoms with van der Waals surface area (Å²) in [4.78, 5) is 14.7. The molecule has 0 radical (unpaired) electrons. The molecule has 2 N–H and O–H groups in total. The van der Waals surface area contributed by atoms with E-state index < -0.39 is 0 Å². The van der Waals surface area contributed by atoms with Gasteiger partial charge in [0.15, 0.2) is 0 Å². The van der Waals surface area contributed by atoms with Crippen LogP contribution in [0.15, 0.2) is 0 Å². The molecule has 2 aliphatic heterocycles. The molecule has 114 valence electrons. The molecule has 4 nitrogen and oxygen atoms in total. The van der Waals surface area contributed by atoms with Crippen molar-refractivity contribution in [3.05, 3.63) is 0 Å². The molecule has 2 saturated heterocycles. The fourth-order valence-corrected chi connectivity index (χ4v) is 4.22. The molecule has 0 bridgehead atoms. The third kappa shape index (κ3) is 3.34. The van der Waals surface area contributed by atoms with Crippen LogP contribution in [0.1, 0.15) is 45.4 Å². The Hall–Kier alpha value is -0.610. The van der Waals surface area contributed by atoms with E-state index in [1.807, 2.05) is 0 Å². The standard InChI is InChI=1S/C16H29N3O/c1-12-4-6-14(7-5-12)18-16(20)11-19-8-2-3-13-9-17-10-15(13)19/h12-15,17H,2-11H2,1H3,(H,18,20). The van der Waals surface area contributed by atoms with E-state index in [9.17, 15) is 4.79 Å². The van der Waals surface area contributed by atoms with E-state index in [0.29, 0.717) is 18.6 Å². The van der Waals surface area contributed by atoms with Gasteiger partial charge >= 0.3 is 0 Å². The Bertz CT molecular complexity index is 339. The van der Waals surface area contributed by atoms with Crippen molar-refractivity contribution in [3.8, 4) is 0 Å². The molecule has 2 heterocycles. The molecule has 2 atom stereocenters. The highest BCUT2D eigenvalue weighted by Crippen LogP contribution is 2.26. The molecule has 3 fully saturated rings. The second-order valence-corrected chi connectivity index (χ2v) is 7.12. The highest BCUT2D eigenvalue weighted by Gasteiger charge is 2.35. The van der Waals surface area contributed by atoms with Crippen LogP contribution in [0.4, 0.5) is 0 Å². The first-order valence-corrected chi connectivity index (χ1v) is 8.46. The van der Waals surface area contributed by atoms with E-state index in [1.54, 1.807) is 0 Å². The van der Waals surface area contributed by atoms with Crippen molar-refractivity contribution in [1.29, 1.82) is 0 Å². The van der Waals surface area contributed by atoms with Gasteiger partial charge in [0.1, 0.15) is 0 Å². The number of hydrogen-bond acceptors (Lipinski definition) is 3. The van der Waals surface area contributed by atoms with Gasteiger partial charge in [-0.15, -0.1) is 0 Å². The van der Waals surface area contributed by atoms with Gasteiger partial charge < -0.3 is 10.6 Å². The molecule has 20 heavy (non-hydrogen) atoms. The van der Waals surface area contributed by atoms with Crippen molar-refractivity contribution in [3.63, 3.8) is 0 Å². The molecule has 0 aromatic rings. The maximum atomic E-state index is 12.3. The molecule has 2 unspecified atom stereocenters. The highest BCUT2D eigenvalue weighted by molar-refractivity contribution is 5.78. The molecular weight excluding hydrogens is 250 g/mol. The van der Waals surface area contributed by atoms with Gasteiger partial charge in [-0.1, -0.05) is 6.92 Å². The largest absolute Gasteiger partial charge is 0.352 e. The summed E-state index contributed by atoms with van der Waals surface area (Å²) in [6, 6.07) is 1.03. The minimum Gasteiger partial charge on any atom is -0.352 e. The Balaban J connectivity index is 1.46. The third-order valence-electron chi connectivity index (χ3n) is 5.52. The molecule has 0 spiro atoms. The summed E-state index contributed by atoms with van der Waals surface area (Å²) in [5, 5.41) is 6.75. The lowest BCUT2D eigenvalue weighted by atomic mass is 9.87. The SMILES string of the molecule is CC1CCC(NC(=O)CN2CCCC3CNCC32)CC1. The van der Waals surface area contributed by atoms with Crippen LogP contribution in [0.2, 0.25) is 0 Å². The lowest BCUT2D eigenvalue weighted by molar-refractivity contribution is -0.124. The zero-order valence-electron chi connectivity index (χ0n) is 12.7. The first-order chi connectivity index (χ1) is 9.72. The van der Waals surface area contributed by atoms with Gasteiger partial charge in [-0.2, -0.15) is 0 Å². The van der Waals surface area contributed by atoms with E-state index in [4.69, 9.17) is 0 Å². The van der Waals surface area contributed by atoms with Gasteiger partial charge in [-0.05, 0) is 63.5 Å². The number of rotatable bonds is 3. The smallest absolute Gasteiger partial charge is 0.234 e. The first-order valence-electron chi connectivity index (χ1n) is 8.46. The molecule has 0 aromatic heterocycles. The topological polar surface area (TPSA) is 44.4 Å². The molecule has 1 amide bonds. The Kier molecular flexibility index (Phi) is 4.61. The fourth-order valence-electron chi connectivity index (χ4n) is 4.22. The number of likely N-dealkylation sites (tertiary alicyclic amines) is 1. The fraction of sp³-hybridized carbons (Fsp3) is 0.938. The molecule has 4 heteroatoms. The van der Waals surface area contributed by atoms with Crippen molar-refractivity contribution in [2.24, 2.45) is 11.8 Å². The number of nitrogens with zero attached hydrogens (tertiary/aromatic N) is 1. The summed E-state index contributed by atoms with van der Waals surface area (Å²) in [5.74, 6) is 1.86. The summed E-state index contributed by atoms with van der Waals surface area (Å²) < 4.78 is 0. The molecule has 1 aliphatic carbocycles. The lowest BCUT2D eigenvalue weighted by Gasteiger charge is -2.37. The van der Waals surface area contributed by atoms with Gasteiger partial charge in [0.05, 0.1) is 6.54 Å². The van der Waals surface area contributed by atoms with Crippen LogP contribution in [-0.4, -0.2) is 49.1 Å². The average Bonchev–Trinajstić information content (AvgIpc) is 2.91. The average molecular weight is 279 g/mol. The Labute approximate surface area is 122 Å². The van der Waals surface area contributed by atoms with E-state index in [2.05, 4.69) is 22.5 Å². The number of carbonyl (C=O) groups is 1. The number of hydrogen-bond donors (Lipinski definition) is 2. The van der Waals surface area contributed by atoms with Gasteiger partial charge in [-0.25, -0.2) is 0 Å². The van der Waals surface area contributed by atoms with Crippen LogP contribution in [0.5, 0.6) is 0 Å². The second-order valence-electron chi connectivity index (χ2n) is 7.12. The number of piperidine rings is 1. The van der Waals surface area contributed by atoms with E-state index in [1.165, 1.54) is 38.5 Å². The number of fused-ring (bicyclic) bond motifs is 1.